The second-order valence-electron chi connectivity index (χ2n) is 7.00. The van der Waals surface area contributed by atoms with Crippen LogP contribution >= 0.6 is 8.46 Å². The molecule has 29 heavy (non-hydrogen) atoms. The minimum atomic E-state index is -1.85. The summed E-state index contributed by atoms with van der Waals surface area (Å²) in [6.45, 7) is 6.90. The fourth-order valence-corrected chi connectivity index (χ4v) is 3.83. The summed E-state index contributed by atoms with van der Waals surface area (Å²) in [7, 11) is 3.65. The third kappa shape index (κ3) is 4.03. The maximum Gasteiger partial charge on any atom is 0.195 e. The van der Waals surface area contributed by atoms with E-state index < -0.39 is 25.2 Å². The number of Topliss-reactive ketones (excluding diaryl/α,β-unsaturated/α-hetero) is 2. The highest BCUT2D eigenvalue weighted by atomic mass is 31.1. The van der Waals surface area contributed by atoms with Gasteiger partial charge in [-0.15, -0.1) is 0 Å². The predicted octanol–water partition coefficient (Wildman–Crippen LogP) is 4.75. The highest BCUT2D eigenvalue weighted by molar-refractivity contribution is 7.30. The average molecular weight is 416 g/mol. The molecular weight excluding hydrogens is 391 g/mol. The van der Waals surface area contributed by atoms with Crippen LogP contribution in [0.4, 0.5) is 0 Å². The summed E-state index contributed by atoms with van der Waals surface area (Å²) >= 11 is 0. The lowest BCUT2D eigenvalue weighted by Crippen LogP contribution is -2.39. The van der Waals surface area contributed by atoms with Crippen LogP contribution in [-0.4, -0.2) is 38.1 Å². The third-order valence-corrected chi connectivity index (χ3v) is 5.68. The van der Waals surface area contributed by atoms with E-state index in [-0.39, 0.29) is 17.1 Å². The normalized spacial score (nSPS) is 12.9. The van der Waals surface area contributed by atoms with Crippen LogP contribution in [0, 0.1) is 20.8 Å². The number of carbonyl (C=O) groups is 2. The number of hydrogen-bond acceptors (Lipinski definition) is 6. The Morgan fingerprint density at radius 2 is 1.24 bits per heavy atom. The molecule has 2 rings (SSSR count). The monoisotopic (exact) mass is 416 g/mol. The van der Waals surface area contributed by atoms with E-state index >= 15 is 0 Å². The molecule has 0 amide bonds. The number of rotatable bonds is 8. The highest BCUT2D eigenvalue weighted by Crippen LogP contribution is 2.41. The lowest BCUT2D eigenvalue weighted by atomic mass is 9.85. The highest BCUT2D eigenvalue weighted by Gasteiger charge is 2.46. The zero-order chi connectivity index (χ0) is 21.9. The minimum absolute atomic E-state index is 0.0393. The first-order valence-electron chi connectivity index (χ1n) is 8.96. The van der Waals surface area contributed by atoms with E-state index in [1.54, 1.807) is 13.8 Å². The molecule has 0 aliphatic rings. The van der Waals surface area contributed by atoms with Crippen LogP contribution in [0.15, 0.2) is 24.3 Å². The van der Waals surface area contributed by atoms with Crippen molar-refractivity contribution < 1.29 is 28.4 Å². The second kappa shape index (κ2) is 8.75. The molecule has 0 aliphatic heterocycles. The molecule has 7 heteroatoms. The molecule has 0 bridgehead atoms. The maximum atomic E-state index is 13.5. The molecule has 0 saturated carbocycles. The van der Waals surface area contributed by atoms with Crippen molar-refractivity contribution in [1.82, 2.24) is 0 Å². The summed E-state index contributed by atoms with van der Waals surface area (Å²) < 4.78 is 28.1. The standard InChI is InChI=1S/C22H25O6P/c1-12-8-13(2)18(14(3)9-12)20(23)22(4,29-25)21(24)19-16(27-6)10-15(26-5)11-17(19)28-7/h8-11H,1-7H3. The number of benzene rings is 2. The first-order chi connectivity index (χ1) is 13.6. The van der Waals surface area contributed by atoms with Crippen LogP contribution in [0.1, 0.15) is 44.3 Å². The number of carbonyl (C=O) groups excluding carboxylic acids is 2. The first-order valence-corrected chi connectivity index (χ1v) is 9.77. The third-order valence-electron chi connectivity index (χ3n) is 4.91. The molecule has 0 heterocycles. The van der Waals surface area contributed by atoms with Gasteiger partial charge in [-0.25, -0.2) is 0 Å². The summed E-state index contributed by atoms with van der Waals surface area (Å²) in [5.74, 6) is -0.408. The van der Waals surface area contributed by atoms with E-state index in [4.69, 9.17) is 14.2 Å². The van der Waals surface area contributed by atoms with E-state index in [1.807, 2.05) is 19.1 Å². The molecule has 1 unspecified atom stereocenters. The van der Waals surface area contributed by atoms with Gasteiger partial charge in [0.1, 0.15) is 22.8 Å². The Kier molecular flexibility index (Phi) is 6.81. The van der Waals surface area contributed by atoms with Gasteiger partial charge in [-0.3, -0.25) is 14.2 Å². The van der Waals surface area contributed by atoms with Crippen molar-refractivity contribution >= 4 is 20.0 Å². The van der Waals surface area contributed by atoms with Gasteiger partial charge >= 0.3 is 0 Å². The number of methoxy groups -OCH3 is 3. The average Bonchev–Trinajstić information content (AvgIpc) is 2.70. The summed E-state index contributed by atoms with van der Waals surface area (Å²) in [6, 6.07) is 6.76. The predicted molar refractivity (Wildman–Crippen MR) is 111 cm³/mol. The molecule has 0 aliphatic carbocycles. The van der Waals surface area contributed by atoms with Gasteiger partial charge in [0, 0.05) is 17.7 Å². The zero-order valence-corrected chi connectivity index (χ0v) is 18.6. The Balaban J connectivity index is 2.69. The Labute approximate surface area is 172 Å². The fraction of sp³-hybridized carbons (Fsp3) is 0.364. The van der Waals surface area contributed by atoms with Gasteiger partial charge in [-0.2, -0.15) is 0 Å². The lowest BCUT2D eigenvalue weighted by Gasteiger charge is -2.24. The number of ether oxygens (including phenoxy) is 3. The maximum absolute atomic E-state index is 13.5. The van der Waals surface area contributed by atoms with Crippen molar-refractivity contribution in [3.05, 3.63) is 52.1 Å². The van der Waals surface area contributed by atoms with Crippen molar-refractivity contribution in [2.75, 3.05) is 21.3 Å². The van der Waals surface area contributed by atoms with E-state index in [2.05, 4.69) is 0 Å². The first kappa shape index (κ1) is 22.6. The molecule has 0 aromatic heterocycles. The second-order valence-corrected chi connectivity index (χ2v) is 8.08. The SMILES string of the molecule is COc1cc(OC)c(C(=O)C(C)(P=O)C(=O)c2c(C)cc(C)cc2C)c(OC)c1. The summed E-state index contributed by atoms with van der Waals surface area (Å²) in [5.41, 5.74) is 2.88. The Hall–Kier alpha value is -2.72. The topological polar surface area (TPSA) is 78.9 Å². The van der Waals surface area contributed by atoms with Crippen molar-refractivity contribution in [2.45, 2.75) is 32.9 Å². The molecule has 6 nitrogen and oxygen atoms in total. The van der Waals surface area contributed by atoms with E-state index in [9.17, 15) is 14.2 Å². The van der Waals surface area contributed by atoms with Gasteiger partial charge in [0.05, 0.1) is 21.3 Å². The summed E-state index contributed by atoms with van der Waals surface area (Å²) in [5, 5.41) is -1.85. The van der Waals surface area contributed by atoms with Gasteiger partial charge in [-0.05, 0) is 38.8 Å². The van der Waals surface area contributed by atoms with Gasteiger partial charge < -0.3 is 14.2 Å². The molecular formula is C22H25O6P. The van der Waals surface area contributed by atoms with Gasteiger partial charge in [0.2, 0.25) is 0 Å². The quantitative estimate of drug-likeness (QED) is 0.351. The van der Waals surface area contributed by atoms with Crippen LogP contribution in [0.5, 0.6) is 17.2 Å². The molecule has 1 atom stereocenters. The van der Waals surface area contributed by atoms with Crippen molar-refractivity contribution in [3.8, 4) is 17.2 Å². The largest absolute Gasteiger partial charge is 0.496 e. The van der Waals surface area contributed by atoms with Crippen LogP contribution in [-0.2, 0) is 4.57 Å². The van der Waals surface area contributed by atoms with E-state index in [1.165, 1.54) is 40.4 Å². The number of hydrogen-bond donors (Lipinski definition) is 0. The van der Waals surface area contributed by atoms with Crippen molar-refractivity contribution in [3.63, 3.8) is 0 Å². The van der Waals surface area contributed by atoms with E-state index in [0.717, 1.165) is 16.7 Å². The van der Waals surface area contributed by atoms with Crippen LogP contribution in [0.2, 0.25) is 0 Å². The van der Waals surface area contributed by atoms with Crippen LogP contribution in [0.25, 0.3) is 0 Å². The van der Waals surface area contributed by atoms with Gasteiger partial charge in [0.15, 0.2) is 25.2 Å². The van der Waals surface area contributed by atoms with Crippen molar-refractivity contribution in [2.24, 2.45) is 0 Å². The van der Waals surface area contributed by atoms with E-state index in [0.29, 0.717) is 11.3 Å². The Morgan fingerprint density at radius 1 is 0.793 bits per heavy atom. The lowest BCUT2D eigenvalue weighted by molar-refractivity contribution is 0.0840. The molecule has 154 valence electrons. The molecule has 0 fully saturated rings. The number of aryl methyl sites for hydroxylation is 3. The molecule has 0 N–H and O–H groups in total. The minimum Gasteiger partial charge on any atom is -0.496 e. The zero-order valence-electron chi connectivity index (χ0n) is 17.7. The Bertz CT molecular complexity index is 933. The van der Waals surface area contributed by atoms with Crippen LogP contribution in [0.3, 0.4) is 0 Å². The molecule has 2 aromatic rings. The number of ketones is 2. The molecule has 0 spiro atoms. The van der Waals surface area contributed by atoms with Crippen LogP contribution < -0.4 is 14.2 Å². The van der Waals surface area contributed by atoms with Gasteiger partial charge in [-0.1, -0.05) is 17.7 Å². The smallest absolute Gasteiger partial charge is 0.195 e. The Morgan fingerprint density at radius 3 is 1.62 bits per heavy atom. The molecule has 0 saturated heterocycles. The summed E-state index contributed by atoms with van der Waals surface area (Å²) in [4.78, 5) is 27.0. The summed E-state index contributed by atoms with van der Waals surface area (Å²) in [6.07, 6.45) is 0. The fourth-order valence-electron chi connectivity index (χ4n) is 3.44. The molecule has 0 radical (unpaired) electrons. The molecule has 2 aromatic carbocycles. The van der Waals surface area contributed by atoms with Crippen molar-refractivity contribution in [1.29, 1.82) is 0 Å². The van der Waals surface area contributed by atoms with Gasteiger partial charge in [0.25, 0.3) is 0 Å².